The first-order valence-electron chi connectivity index (χ1n) is 6.73. The largest absolute Gasteiger partial charge is 0.294 e. The van der Waals surface area contributed by atoms with Crippen molar-refractivity contribution in [1.29, 1.82) is 0 Å². The molecule has 0 saturated carbocycles. The number of benzene rings is 2. The third-order valence-corrected chi connectivity index (χ3v) is 3.62. The molecule has 1 nitrogen and oxygen atoms in total. The highest BCUT2D eigenvalue weighted by molar-refractivity contribution is 5.96. The molecule has 0 spiro atoms. The Morgan fingerprint density at radius 2 is 1.47 bits per heavy atom. The summed E-state index contributed by atoms with van der Waals surface area (Å²) in [5.74, 6) is 0.225. The average molecular weight is 252 g/mol. The van der Waals surface area contributed by atoms with Gasteiger partial charge in [-0.25, -0.2) is 0 Å². The summed E-state index contributed by atoms with van der Waals surface area (Å²) in [6, 6.07) is 14.1. The zero-order valence-electron chi connectivity index (χ0n) is 11.9. The first-order chi connectivity index (χ1) is 9.08. The van der Waals surface area contributed by atoms with E-state index in [0.29, 0.717) is 6.42 Å². The van der Waals surface area contributed by atoms with E-state index in [0.717, 1.165) is 12.0 Å². The summed E-state index contributed by atoms with van der Waals surface area (Å²) >= 11 is 0. The van der Waals surface area contributed by atoms with Crippen molar-refractivity contribution in [3.05, 3.63) is 70.3 Å². The van der Waals surface area contributed by atoms with Crippen LogP contribution in [-0.2, 0) is 6.42 Å². The molecule has 0 aromatic heterocycles. The minimum atomic E-state index is 0.225. The number of Topliss-reactive ketones (excluding diaryl/α,β-unsaturated/α-hetero) is 1. The summed E-state index contributed by atoms with van der Waals surface area (Å²) in [4.78, 5) is 12.2. The zero-order valence-corrected chi connectivity index (χ0v) is 11.9. The minimum Gasteiger partial charge on any atom is -0.294 e. The lowest BCUT2D eigenvalue weighted by Gasteiger charge is -2.09. The summed E-state index contributed by atoms with van der Waals surface area (Å²) in [7, 11) is 0. The van der Waals surface area contributed by atoms with Gasteiger partial charge in [-0.05, 0) is 43.9 Å². The third kappa shape index (κ3) is 3.31. The minimum absolute atomic E-state index is 0.225. The molecule has 0 amide bonds. The fraction of sp³-hybridized carbons (Fsp3) is 0.278. The summed E-state index contributed by atoms with van der Waals surface area (Å²) in [5, 5.41) is 0. The van der Waals surface area contributed by atoms with Crippen LogP contribution in [0, 0.1) is 20.8 Å². The number of carbonyl (C=O) groups is 1. The maximum atomic E-state index is 12.2. The first-order valence-corrected chi connectivity index (χ1v) is 6.73. The number of hydrogen-bond acceptors (Lipinski definition) is 1. The van der Waals surface area contributed by atoms with Crippen molar-refractivity contribution < 1.29 is 4.79 Å². The lowest BCUT2D eigenvalue weighted by molar-refractivity contribution is 0.0983. The molecule has 19 heavy (non-hydrogen) atoms. The second-order valence-electron chi connectivity index (χ2n) is 5.16. The number of aryl methyl sites for hydroxylation is 3. The molecule has 2 aromatic rings. The molecule has 0 aliphatic heterocycles. The summed E-state index contributed by atoms with van der Waals surface area (Å²) in [6.07, 6.45) is 1.40. The first kappa shape index (κ1) is 13.5. The van der Waals surface area contributed by atoms with Crippen LogP contribution in [0.25, 0.3) is 0 Å². The lowest BCUT2D eigenvalue weighted by atomic mass is 9.96. The Morgan fingerprint density at radius 1 is 0.895 bits per heavy atom. The maximum Gasteiger partial charge on any atom is 0.163 e. The molecular weight excluding hydrogens is 232 g/mol. The smallest absolute Gasteiger partial charge is 0.163 e. The number of carbonyl (C=O) groups excluding carboxylic acids is 1. The summed E-state index contributed by atoms with van der Waals surface area (Å²) < 4.78 is 0. The van der Waals surface area contributed by atoms with Gasteiger partial charge in [-0.2, -0.15) is 0 Å². The van der Waals surface area contributed by atoms with Crippen molar-refractivity contribution in [2.24, 2.45) is 0 Å². The topological polar surface area (TPSA) is 17.1 Å². The molecule has 0 unspecified atom stereocenters. The molecule has 0 saturated heterocycles. The molecule has 98 valence electrons. The van der Waals surface area contributed by atoms with Gasteiger partial charge in [0.15, 0.2) is 5.78 Å². The molecule has 0 bridgehead atoms. The number of rotatable bonds is 4. The molecule has 0 heterocycles. The molecule has 1 heteroatoms. The highest BCUT2D eigenvalue weighted by Gasteiger charge is 2.08. The Labute approximate surface area is 115 Å². The van der Waals surface area contributed by atoms with Gasteiger partial charge in [0.1, 0.15) is 0 Å². The second kappa shape index (κ2) is 5.83. The van der Waals surface area contributed by atoms with Crippen molar-refractivity contribution in [2.75, 3.05) is 0 Å². The predicted octanol–water partition coefficient (Wildman–Crippen LogP) is 4.43. The Hall–Kier alpha value is -1.89. The van der Waals surface area contributed by atoms with Crippen molar-refractivity contribution >= 4 is 5.78 Å². The molecule has 0 aliphatic carbocycles. The van der Waals surface area contributed by atoms with Gasteiger partial charge in [-0.1, -0.05) is 48.0 Å². The Kier molecular flexibility index (Phi) is 4.16. The molecule has 0 aliphatic rings. The monoisotopic (exact) mass is 252 g/mol. The summed E-state index contributed by atoms with van der Waals surface area (Å²) in [6.45, 7) is 6.25. The Bertz CT molecular complexity index is 559. The van der Waals surface area contributed by atoms with Crippen LogP contribution in [0.3, 0.4) is 0 Å². The normalized spacial score (nSPS) is 10.5. The summed E-state index contributed by atoms with van der Waals surface area (Å²) in [5.41, 5.74) is 5.86. The van der Waals surface area contributed by atoms with Gasteiger partial charge in [0, 0.05) is 12.0 Å². The van der Waals surface area contributed by atoms with Crippen LogP contribution < -0.4 is 0 Å². The third-order valence-electron chi connectivity index (χ3n) is 3.62. The molecule has 2 rings (SSSR count). The lowest BCUT2D eigenvalue weighted by Crippen LogP contribution is -2.03. The van der Waals surface area contributed by atoms with Crippen LogP contribution in [0.4, 0.5) is 0 Å². The zero-order chi connectivity index (χ0) is 13.8. The van der Waals surface area contributed by atoms with Crippen LogP contribution in [0.5, 0.6) is 0 Å². The van der Waals surface area contributed by atoms with Crippen molar-refractivity contribution in [2.45, 2.75) is 33.6 Å². The average Bonchev–Trinajstić information content (AvgIpc) is 2.38. The van der Waals surface area contributed by atoms with E-state index in [1.807, 2.05) is 31.2 Å². The van der Waals surface area contributed by atoms with E-state index in [9.17, 15) is 4.79 Å². The SMILES string of the molecule is Cc1ccc(C(=O)CCc2c(C)cccc2C)cc1. The van der Waals surface area contributed by atoms with Gasteiger partial charge in [-0.15, -0.1) is 0 Å². The molecule has 0 atom stereocenters. The number of hydrogen-bond donors (Lipinski definition) is 0. The van der Waals surface area contributed by atoms with Gasteiger partial charge in [-0.3, -0.25) is 4.79 Å². The van der Waals surface area contributed by atoms with E-state index in [-0.39, 0.29) is 5.78 Å². The molecular formula is C18H20O. The van der Waals surface area contributed by atoms with Crippen molar-refractivity contribution in [3.63, 3.8) is 0 Å². The van der Waals surface area contributed by atoms with Gasteiger partial charge in [0.05, 0.1) is 0 Å². The highest BCUT2D eigenvalue weighted by atomic mass is 16.1. The van der Waals surface area contributed by atoms with E-state index in [1.54, 1.807) is 0 Å². The van der Waals surface area contributed by atoms with Gasteiger partial charge in [0.2, 0.25) is 0 Å². The van der Waals surface area contributed by atoms with E-state index < -0.39 is 0 Å². The molecule has 0 N–H and O–H groups in total. The van der Waals surface area contributed by atoms with Gasteiger partial charge < -0.3 is 0 Å². The quantitative estimate of drug-likeness (QED) is 0.736. The molecule has 2 aromatic carbocycles. The van der Waals surface area contributed by atoms with Crippen molar-refractivity contribution in [3.8, 4) is 0 Å². The van der Waals surface area contributed by atoms with Crippen LogP contribution in [0.2, 0.25) is 0 Å². The number of ketones is 1. The van der Waals surface area contributed by atoms with Crippen molar-refractivity contribution in [1.82, 2.24) is 0 Å². The van der Waals surface area contributed by atoms with E-state index >= 15 is 0 Å². The Balaban J connectivity index is 2.06. The maximum absolute atomic E-state index is 12.2. The fourth-order valence-electron chi connectivity index (χ4n) is 2.37. The van der Waals surface area contributed by atoms with Crippen LogP contribution in [0.1, 0.15) is 39.0 Å². The second-order valence-corrected chi connectivity index (χ2v) is 5.16. The van der Waals surface area contributed by atoms with Crippen LogP contribution in [-0.4, -0.2) is 5.78 Å². The van der Waals surface area contributed by atoms with Crippen LogP contribution >= 0.6 is 0 Å². The molecule has 0 radical (unpaired) electrons. The molecule has 0 fully saturated rings. The van der Waals surface area contributed by atoms with E-state index in [2.05, 4.69) is 32.0 Å². The highest BCUT2D eigenvalue weighted by Crippen LogP contribution is 2.17. The van der Waals surface area contributed by atoms with E-state index in [1.165, 1.54) is 22.3 Å². The van der Waals surface area contributed by atoms with E-state index in [4.69, 9.17) is 0 Å². The fourth-order valence-corrected chi connectivity index (χ4v) is 2.37. The van der Waals surface area contributed by atoms with Gasteiger partial charge in [0.25, 0.3) is 0 Å². The van der Waals surface area contributed by atoms with Gasteiger partial charge >= 0.3 is 0 Å². The standard InChI is InChI=1S/C18H20O/c1-13-7-9-16(10-8-13)18(19)12-11-17-14(2)5-4-6-15(17)3/h4-10H,11-12H2,1-3H3. The van der Waals surface area contributed by atoms with Crippen LogP contribution in [0.15, 0.2) is 42.5 Å². The predicted molar refractivity (Wildman–Crippen MR) is 79.7 cm³/mol. The Morgan fingerprint density at radius 3 is 2.05 bits per heavy atom.